The van der Waals surface area contributed by atoms with Crippen molar-refractivity contribution in [2.75, 3.05) is 53.2 Å². The molecule has 2 aliphatic heterocycles. The van der Waals surface area contributed by atoms with Crippen molar-refractivity contribution in [3.8, 4) is 0 Å². The van der Waals surface area contributed by atoms with Crippen LogP contribution in [0.3, 0.4) is 0 Å². The lowest BCUT2D eigenvalue weighted by Gasteiger charge is -2.38. The highest BCUT2D eigenvalue weighted by Crippen LogP contribution is 2.38. The minimum atomic E-state index is 0.658. The molecular weight excluding hydrogens is 396 g/mol. The molecule has 0 unspecified atom stereocenters. The van der Waals surface area contributed by atoms with E-state index in [9.17, 15) is 0 Å². The van der Waals surface area contributed by atoms with E-state index in [4.69, 9.17) is 17.3 Å². The molecule has 2 N–H and O–H groups in total. The Balaban J connectivity index is 1.37. The Morgan fingerprint density at radius 3 is 2.43 bits per heavy atom. The summed E-state index contributed by atoms with van der Waals surface area (Å²) in [6.45, 7) is 4.41. The van der Waals surface area contributed by atoms with Gasteiger partial charge in [0.1, 0.15) is 12.0 Å². The van der Waals surface area contributed by atoms with Crippen molar-refractivity contribution in [2.45, 2.75) is 12.8 Å². The highest BCUT2D eigenvalue weighted by molar-refractivity contribution is 6.30. The van der Waals surface area contributed by atoms with Crippen LogP contribution in [0.5, 0.6) is 0 Å². The van der Waals surface area contributed by atoms with Gasteiger partial charge in [-0.2, -0.15) is 0 Å². The predicted molar refractivity (Wildman–Crippen MR) is 124 cm³/mol. The molecule has 2 aliphatic rings. The summed E-state index contributed by atoms with van der Waals surface area (Å²) < 4.78 is 0. The number of nitrogens with two attached hydrogens (primary N) is 1. The van der Waals surface area contributed by atoms with E-state index in [0.29, 0.717) is 5.69 Å². The quantitative estimate of drug-likeness (QED) is 0.687. The second-order valence-electron chi connectivity index (χ2n) is 7.77. The maximum atomic E-state index is 6.63. The van der Waals surface area contributed by atoms with E-state index in [1.165, 1.54) is 11.3 Å². The van der Waals surface area contributed by atoms with Crippen molar-refractivity contribution < 1.29 is 0 Å². The Labute approximate surface area is 181 Å². The van der Waals surface area contributed by atoms with Crippen molar-refractivity contribution in [1.29, 1.82) is 0 Å². The molecule has 0 aliphatic carbocycles. The minimum Gasteiger partial charge on any atom is -0.393 e. The van der Waals surface area contributed by atoms with Crippen molar-refractivity contribution in [2.24, 2.45) is 0 Å². The number of piperazine rings is 1. The third-order valence-corrected chi connectivity index (χ3v) is 6.20. The molecule has 2 aromatic carbocycles. The number of benzene rings is 2. The summed E-state index contributed by atoms with van der Waals surface area (Å²) in [6, 6.07) is 16.5. The van der Waals surface area contributed by atoms with Gasteiger partial charge in [-0.3, -0.25) is 0 Å². The van der Waals surface area contributed by atoms with E-state index < -0.39 is 0 Å². The van der Waals surface area contributed by atoms with Gasteiger partial charge in [0.2, 0.25) is 0 Å². The molecule has 0 atom stereocenters. The normalized spacial score (nSPS) is 16.5. The number of halogens is 1. The molecule has 1 fully saturated rings. The molecule has 0 bridgehead atoms. The molecule has 7 heteroatoms. The minimum absolute atomic E-state index is 0.658. The highest BCUT2D eigenvalue weighted by atomic mass is 35.5. The van der Waals surface area contributed by atoms with E-state index in [0.717, 1.165) is 67.9 Å². The van der Waals surface area contributed by atoms with Crippen LogP contribution in [0, 0.1) is 0 Å². The molecular formula is C23H25ClN6. The SMILES string of the molecule is Nc1c(N2CCN(c3cccc(Cl)c3)CC2)ncnc1N1CCCc2ccccc21. The van der Waals surface area contributed by atoms with Gasteiger partial charge in [-0.05, 0) is 42.7 Å². The number of hydrogen-bond acceptors (Lipinski definition) is 6. The topological polar surface area (TPSA) is 61.5 Å². The standard InChI is InChI=1S/C23H25ClN6/c24-18-7-3-8-19(15-18)28-11-13-29(14-12-28)22-21(25)23(27-16-26-22)30-10-4-6-17-5-1-2-9-20(17)30/h1-3,5,7-9,15-16H,4,6,10-14,25H2. The summed E-state index contributed by atoms with van der Waals surface area (Å²) in [4.78, 5) is 16.0. The largest absolute Gasteiger partial charge is 0.393 e. The van der Waals surface area contributed by atoms with Crippen LogP contribution in [-0.4, -0.2) is 42.7 Å². The first-order valence-corrected chi connectivity index (χ1v) is 10.8. The fourth-order valence-corrected chi connectivity index (χ4v) is 4.63. The van der Waals surface area contributed by atoms with Gasteiger partial charge in [0, 0.05) is 49.1 Å². The van der Waals surface area contributed by atoms with E-state index >= 15 is 0 Å². The molecule has 0 spiro atoms. The van der Waals surface area contributed by atoms with Gasteiger partial charge in [-0.15, -0.1) is 0 Å². The lowest BCUT2D eigenvalue weighted by Crippen LogP contribution is -2.47. The van der Waals surface area contributed by atoms with E-state index in [2.05, 4.69) is 55.0 Å². The van der Waals surface area contributed by atoms with Gasteiger partial charge in [-0.25, -0.2) is 9.97 Å². The Morgan fingerprint density at radius 1 is 0.833 bits per heavy atom. The molecule has 30 heavy (non-hydrogen) atoms. The van der Waals surface area contributed by atoms with Crippen LogP contribution in [0.1, 0.15) is 12.0 Å². The summed E-state index contributed by atoms with van der Waals surface area (Å²) in [5.74, 6) is 1.64. The van der Waals surface area contributed by atoms with Gasteiger partial charge in [0.25, 0.3) is 0 Å². The summed E-state index contributed by atoms with van der Waals surface area (Å²) in [5.41, 5.74) is 11.0. The number of para-hydroxylation sites is 1. The number of anilines is 5. The smallest absolute Gasteiger partial charge is 0.161 e. The van der Waals surface area contributed by atoms with E-state index in [1.807, 2.05) is 18.2 Å². The van der Waals surface area contributed by atoms with Crippen molar-refractivity contribution in [3.05, 3.63) is 65.4 Å². The fraction of sp³-hybridized carbons (Fsp3) is 0.304. The maximum absolute atomic E-state index is 6.63. The number of nitrogen functional groups attached to an aromatic ring is 1. The van der Waals surface area contributed by atoms with Gasteiger partial charge < -0.3 is 20.4 Å². The predicted octanol–water partition coefficient (Wildman–Crippen LogP) is 4.12. The van der Waals surface area contributed by atoms with Crippen molar-refractivity contribution >= 4 is 40.3 Å². The average Bonchev–Trinajstić information content (AvgIpc) is 2.79. The number of aromatic nitrogens is 2. The fourth-order valence-electron chi connectivity index (χ4n) is 4.45. The molecule has 154 valence electrons. The summed E-state index contributed by atoms with van der Waals surface area (Å²) in [6.07, 6.45) is 3.83. The van der Waals surface area contributed by atoms with Crippen molar-refractivity contribution in [1.82, 2.24) is 9.97 Å². The number of hydrogen-bond donors (Lipinski definition) is 1. The Kier molecular flexibility index (Phi) is 5.09. The number of rotatable bonds is 3. The lowest BCUT2D eigenvalue weighted by molar-refractivity contribution is 0.647. The second kappa shape index (κ2) is 8.03. The first-order chi connectivity index (χ1) is 14.7. The molecule has 6 nitrogen and oxygen atoms in total. The number of fused-ring (bicyclic) bond motifs is 1. The first kappa shape index (κ1) is 19.0. The molecule has 0 amide bonds. The maximum Gasteiger partial charge on any atom is 0.161 e. The van der Waals surface area contributed by atoms with Crippen molar-refractivity contribution in [3.63, 3.8) is 0 Å². The molecule has 0 saturated carbocycles. The molecule has 3 aromatic rings. The Bertz CT molecular complexity index is 1050. The van der Waals surface area contributed by atoms with Gasteiger partial charge in [0.15, 0.2) is 11.6 Å². The van der Waals surface area contributed by atoms with Crippen LogP contribution >= 0.6 is 11.6 Å². The first-order valence-electron chi connectivity index (χ1n) is 10.4. The number of aryl methyl sites for hydroxylation is 1. The van der Waals surface area contributed by atoms with Gasteiger partial charge >= 0.3 is 0 Å². The number of nitrogens with zero attached hydrogens (tertiary/aromatic N) is 5. The molecule has 0 radical (unpaired) electrons. The molecule has 5 rings (SSSR count). The third kappa shape index (κ3) is 3.52. The zero-order valence-corrected chi connectivity index (χ0v) is 17.6. The van der Waals surface area contributed by atoms with E-state index in [1.54, 1.807) is 6.33 Å². The molecule has 3 heterocycles. The zero-order chi connectivity index (χ0) is 20.5. The van der Waals surface area contributed by atoms with E-state index in [-0.39, 0.29) is 0 Å². The molecule has 1 saturated heterocycles. The monoisotopic (exact) mass is 420 g/mol. The van der Waals surface area contributed by atoms with Crippen LogP contribution in [-0.2, 0) is 6.42 Å². The summed E-state index contributed by atoms with van der Waals surface area (Å²) >= 11 is 6.16. The van der Waals surface area contributed by atoms with Crippen LogP contribution in [0.25, 0.3) is 0 Å². The van der Waals surface area contributed by atoms with Gasteiger partial charge in [-0.1, -0.05) is 35.9 Å². The van der Waals surface area contributed by atoms with Gasteiger partial charge in [0.05, 0.1) is 0 Å². The van der Waals surface area contributed by atoms with Crippen LogP contribution in [0.2, 0.25) is 5.02 Å². The Hall–Kier alpha value is -2.99. The van der Waals surface area contributed by atoms with Crippen LogP contribution in [0.15, 0.2) is 54.9 Å². The second-order valence-corrected chi connectivity index (χ2v) is 8.21. The zero-order valence-electron chi connectivity index (χ0n) is 16.8. The Morgan fingerprint density at radius 2 is 1.60 bits per heavy atom. The summed E-state index contributed by atoms with van der Waals surface area (Å²) in [7, 11) is 0. The van der Waals surface area contributed by atoms with Crippen LogP contribution in [0.4, 0.5) is 28.7 Å². The summed E-state index contributed by atoms with van der Waals surface area (Å²) in [5, 5.41) is 0.765. The highest BCUT2D eigenvalue weighted by Gasteiger charge is 2.25. The molecule has 1 aromatic heterocycles. The lowest BCUT2D eigenvalue weighted by atomic mass is 10.0. The average molecular weight is 421 g/mol. The third-order valence-electron chi connectivity index (χ3n) is 5.96. The van der Waals surface area contributed by atoms with Crippen LogP contribution < -0.4 is 20.4 Å².